The minimum Gasteiger partial charge on any atom is -0.469 e. The fourth-order valence-corrected chi connectivity index (χ4v) is 6.45. The smallest absolute Gasteiger partial charge is 0.312 e. The first-order valence-corrected chi connectivity index (χ1v) is 11.5. The number of aromatic nitrogens is 3. The summed E-state index contributed by atoms with van der Waals surface area (Å²) in [5, 5.41) is 3.52. The Labute approximate surface area is 180 Å². The second-order valence-electron chi connectivity index (χ2n) is 8.59. The van der Waals surface area contributed by atoms with E-state index in [2.05, 4.69) is 10.3 Å². The number of aryl methyl sites for hydroxylation is 1. The zero-order chi connectivity index (χ0) is 21.2. The molecule has 4 aliphatic rings. The summed E-state index contributed by atoms with van der Waals surface area (Å²) in [7, 11) is 0.319. The number of hydrogen-bond acceptors (Lipinski definition) is 8. The summed E-state index contributed by atoms with van der Waals surface area (Å²) in [6, 6.07) is 7.71. The number of nitrogens with zero attached hydrogens (tertiary/aromatic N) is 3. The topological polar surface area (TPSA) is 107 Å². The highest BCUT2D eigenvalue weighted by atomic mass is 32.2. The molecule has 0 radical (unpaired) electrons. The van der Waals surface area contributed by atoms with Gasteiger partial charge < -0.3 is 14.5 Å². The molecule has 3 saturated carbocycles. The summed E-state index contributed by atoms with van der Waals surface area (Å²) in [6.45, 7) is 0. The van der Waals surface area contributed by atoms with Gasteiger partial charge in [-0.2, -0.15) is 0 Å². The SMILES string of the molecule is COC(=O)C12CC(Nc3nc(-c4ccc(-c5ncco5)cc4)nc4c3[S@](=O)CC4)(C1)C2. The first-order chi connectivity index (χ1) is 15.0. The van der Waals surface area contributed by atoms with E-state index in [4.69, 9.17) is 19.1 Å². The van der Waals surface area contributed by atoms with Gasteiger partial charge in [-0.1, -0.05) is 12.1 Å². The van der Waals surface area contributed by atoms with Gasteiger partial charge in [0.25, 0.3) is 0 Å². The maximum Gasteiger partial charge on any atom is 0.312 e. The molecular formula is C22H20N4O4S. The van der Waals surface area contributed by atoms with E-state index in [1.807, 2.05) is 24.3 Å². The summed E-state index contributed by atoms with van der Waals surface area (Å²) < 4.78 is 22.9. The molecule has 158 valence electrons. The van der Waals surface area contributed by atoms with Crippen molar-refractivity contribution in [2.24, 2.45) is 5.41 Å². The molecule has 2 bridgehead atoms. The summed E-state index contributed by atoms with van der Waals surface area (Å²) in [5.74, 6) is 2.20. The van der Waals surface area contributed by atoms with Gasteiger partial charge in [0.05, 0.1) is 35.2 Å². The number of esters is 1. The van der Waals surface area contributed by atoms with Crippen LogP contribution in [-0.4, -0.2) is 43.5 Å². The Bertz CT molecular complexity index is 1200. The predicted octanol–water partition coefficient (Wildman–Crippen LogP) is 2.97. The number of benzene rings is 1. The highest BCUT2D eigenvalue weighted by Gasteiger charge is 2.72. The number of rotatable bonds is 5. The number of carbonyl (C=O) groups is 1. The van der Waals surface area contributed by atoms with E-state index in [1.165, 1.54) is 7.11 Å². The molecule has 1 aliphatic heterocycles. The molecule has 1 N–H and O–H groups in total. The van der Waals surface area contributed by atoms with E-state index in [9.17, 15) is 9.00 Å². The predicted molar refractivity (Wildman–Crippen MR) is 113 cm³/mol. The van der Waals surface area contributed by atoms with Gasteiger partial charge in [0, 0.05) is 28.8 Å². The van der Waals surface area contributed by atoms with E-state index >= 15 is 0 Å². The Morgan fingerprint density at radius 2 is 1.90 bits per heavy atom. The minimum absolute atomic E-state index is 0.139. The summed E-state index contributed by atoms with van der Waals surface area (Å²) >= 11 is 0. The third-order valence-electron chi connectivity index (χ3n) is 6.54. The first kappa shape index (κ1) is 18.7. The molecule has 0 spiro atoms. The van der Waals surface area contributed by atoms with Crippen LogP contribution in [0.5, 0.6) is 0 Å². The zero-order valence-corrected chi connectivity index (χ0v) is 17.7. The molecule has 9 heteroatoms. The molecule has 1 atom stereocenters. The van der Waals surface area contributed by atoms with Gasteiger partial charge in [0.2, 0.25) is 5.89 Å². The van der Waals surface area contributed by atoms with Crippen molar-refractivity contribution in [1.29, 1.82) is 0 Å². The fraction of sp³-hybridized carbons (Fsp3) is 0.364. The number of fused-ring (bicyclic) bond motifs is 1. The molecule has 0 saturated heterocycles. The van der Waals surface area contributed by atoms with Gasteiger partial charge in [0.15, 0.2) is 5.82 Å². The van der Waals surface area contributed by atoms with Crippen molar-refractivity contribution in [2.75, 3.05) is 18.2 Å². The van der Waals surface area contributed by atoms with Crippen LogP contribution in [0.3, 0.4) is 0 Å². The molecule has 0 unspecified atom stereocenters. The molecule has 3 aromatic rings. The van der Waals surface area contributed by atoms with E-state index in [1.54, 1.807) is 12.5 Å². The van der Waals surface area contributed by atoms with Crippen molar-refractivity contribution in [3.63, 3.8) is 0 Å². The number of hydrogen-bond donors (Lipinski definition) is 1. The monoisotopic (exact) mass is 436 g/mol. The average molecular weight is 436 g/mol. The molecular weight excluding hydrogens is 416 g/mol. The highest BCUT2D eigenvalue weighted by Crippen LogP contribution is 2.68. The molecule has 2 aromatic heterocycles. The van der Waals surface area contributed by atoms with Crippen LogP contribution in [0.25, 0.3) is 22.8 Å². The van der Waals surface area contributed by atoms with Gasteiger partial charge >= 0.3 is 5.97 Å². The lowest BCUT2D eigenvalue weighted by molar-refractivity contribution is -0.190. The number of carbonyl (C=O) groups excluding carboxylic acids is 1. The van der Waals surface area contributed by atoms with Crippen LogP contribution in [-0.2, 0) is 26.8 Å². The zero-order valence-electron chi connectivity index (χ0n) is 16.9. The van der Waals surface area contributed by atoms with Crippen LogP contribution in [0.4, 0.5) is 5.82 Å². The standard InChI is InChI=1S/C22H20N4O4S/c1-29-20(27)21-10-22(11-21,12-21)26-18-16-15(6-9-31(16)28)24-17(25-18)13-2-4-14(5-3-13)19-23-7-8-30-19/h2-5,7-8H,6,9-12H2,1H3,(H,24,25,26)/t21?,22?,31-/m1/s1. The Morgan fingerprint density at radius 1 is 1.16 bits per heavy atom. The van der Waals surface area contributed by atoms with Crippen LogP contribution >= 0.6 is 0 Å². The van der Waals surface area contributed by atoms with Crippen molar-refractivity contribution in [3.8, 4) is 22.8 Å². The van der Waals surface area contributed by atoms with Gasteiger partial charge in [-0.15, -0.1) is 0 Å². The summed E-state index contributed by atoms with van der Waals surface area (Å²) in [6.07, 6.45) is 5.98. The van der Waals surface area contributed by atoms with Crippen molar-refractivity contribution in [3.05, 3.63) is 42.4 Å². The Kier molecular flexibility index (Phi) is 3.89. The number of oxazole rings is 1. The number of methoxy groups -OCH3 is 1. The van der Waals surface area contributed by atoms with Crippen molar-refractivity contribution >= 4 is 22.6 Å². The lowest BCUT2D eigenvalue weighted by atomic mass is 9.39. The highest BCUT2D eigenvalue weighted by molar-refractivity contribution is 7.85. The van der Waals surface area contributed by atoms with Crippen LogP contribution in [0, 0.1) is 5.41 Å². The third-order valence-corrected chi connectivity index (χ3v) is 8.00. The largest absolute Gasteiger partial charge is 0.469 e. The van der Waals surface area contributed by atoms with Gasteiger partial charge in [0.1, 0.15) is 17.0 Å². The number of anilines is 1. The minimum atomic E-state index is -1.11. The van der Waals surface area contributed by atoms with Crippen LogP contribution < -0.4 is 5.32 Å². The summed E-state index contributed by atoms with van der Waals surface area (Å²) in [5.41, 5.74) is 2.04. The molecule has 3 fully saturated rings. The van der Waals surface area contributed by atoms with Gasteiger partial charge in [-0.25, -0.2) is 15.0 Å². The van der Waals surface area contributed by atoms with Crippen LogP contribution in [0.15, 0.2) is 46.0 Å². The lowest BCUT2D eigenvalue weighted by Gasteiger charge is -2.68. The van der Waals surface area contributed by atoms with Crippen LogP contribution in [0.1, 0.15) is 25.0 Å². The van der Waals surface area contributed by atoms with E-state index < -0.39 is 10.8 Å². The molecule has 3 aliphatic carbocycles. The molecule has 0 amide bonds. The number of nitrogens with one attached hydrogen (secondary N) is 1. The Hall–Kier alpha value is -3.07. The van der Waals surface area contributed by atoms with Crippen molar-refractivity contribution < 1.29 is 18.2 Å². The van der Waals surface area contributed by atoms with Crippen molar-refractivity contribution in [1.82, 2.24) is 15.0 Å². The van der Waals surface area contributed by atoms with Gasteiger partial charge in [-0.05, 0) is 31.4 Å². The van der Waals surface area contributed by atoms with E-state index in [-0.39, 0.29) is 16.9 Å². The molecule has 8 nitrogen and oxygen atoms in total. The summed E-state index contributed by atoms with van der Waals surface area (Å²) in [4.78, 5) is 26.4. The number of ether oxygens (including phenoxy) is 1. The Morgan fingerprint density at radius 3 is 2.58 bits per heavy atom. The third kappa shape index (κ3) is 2.76. The van der Waals surface area contributed by atoms with E-state index in [0.29, 0.717) is 34.6 Å². The second kappa shape index (κ2) is 6.46. The quantitative estimate of drug-likeness (QED) is 0.609. The Balaban J connectivity index is 1.32. The second-order valence-corrected chi connectivity index (χ2v) is 10.1. The lowest BCUT2D eigenvalue weighted by Crippen LogP contribution is -2.74. The first-order valence-electron chi connectivity index (χ1n) is 10.2. The van der Waals surface area contributed by atoms with E-state index in [0.717, 1.165) is 36.1 Å². The van der Waals surface area contributed by atoms with Crippen LogP contribution in [0.2, 0.25) is 0 Å². The molecule has 31 heavy (non-hydrogen) atoms. The molecule has 1 aromatic carbocycles. The normalized spacial score (nSPS) is 27.7. The maximum atomic E-state index is 12.6. The van der Waals surface area contributed by atoms with Crippen molar-refractivity contribution in [2.45, 2.75) is 36.1 Å². The molecule has 3 heterocycles. The van der Waals surface area contributed by atoms with Gasteiger partial charge in [-0.3, -0.25) is 9.00 Å². The fourth-order valence-electron chi connectivity index (χ4n) is 5.14. The maximum absolute atomic E-state index is 12.6. The molecule has 7 rings (SSSR count). The average Bonchev–Trinajstić information content (AvgIpc) is 3.39.